The topological polar surface area (TPSA) is 47.3 Å². The molecule has 1 unspecified atom stereocenters. The molecule has 0 saturated carbocycles. The molecule has 4 heteroatoms. The Labute approximate surface area is 89.2 Å². The van der Waals surface area contributed by atoms with Gasteiger partial charge in [-0.2, -0.15) is 0 Å². The van der Waals surface area contributed by atoms with Crippen molar-refractivity contribution in [2.75, 3.05) is 7.11 Å². The Morgan fingerprint density at radius 3 is 2.79 bits per heavy atom. The molecule has 0 radical (unpaired) electrons. The molecule has 0 aliphatic rings. The summed E-state index contributed by atoms with van der Waals surface area (Å²) in [6.45, 7) is 2.05. The van der Waals surface area contributed by atoms with E-state index in [-0.39, 0.29) is 6.04 Å². The van der Waals surface area contributed by atoms with Crippen LogP contribution in [0.15, 0.2) is 18.2 Å². The summed E-state index contributed by atoms with van der Waals surface area (Å²) in [5.41, 5.74) is 3.72. The summed E-state index contributed by atoms with van der Waals surface area (Å²) in [5, 5.41) is 0.689. The minimum atomic E-state index is 0.0728. The highest BCUT2D eigenvalue weighted by atomic mass is 35.5. The predicted octanol–water partition coefficient (Wildman–Crippen LogP) is 2.26. The third-order valence-electron chi connectivity index (χ3n) is 2.18. The summed E-state index contributed by atoms with van der Waals surface area (Å²) in [7, 11) is 1.63. The van der Waals surface area contributed by atoms with Gasteiger partial charge in [-0.1, -0.05) is 18.5 Å². The van der Waals surface area contributed by atoms with E-state index in [0.717, 1.165) is 17.7 Å². The van der Waals surface area contributed by atoms with Gasteiger partial charge in [0.2, 0.25) is 0 Å². The molecule has 1 rings (SSSR count). The zero-order chi connectivity index (χ0) is 10.6. The van der Waals surface area contributed by atoms with Gasteiger partial charge in [0.15, 0.2) is 0 Å². The van der Waals surface area contributed by atoms with Crippen LogP contribution in [0.4, 0.5) is 0 Å². The van der Waals surface area contributed by atoms with E-state index in [0.29, 0.717) is 5.02 Å². The first-order valence-corrected chi connectivity index (χ1v) is 4.90. The molecule has 0 spiro atoms. The van der Waals surface area contributed by atoms with Gasteiger partial charge in [-0.15, -0.1) is 0 Å². The summed E-state index contributed by atoms with van der Waals surface area (Å²) in [6.07, 6.45) is 0.882. The quantitative estimate of drug-likeness (QED) is 0.597. The maximum Gasteiger partial charge on any atom is 0.123 e. The molecule has 1 atom stereocenters. The minimum Gasteiger partial charge on any atom is -0.496 e. The molecule has 0 fully saturated rings. The van der Waals surface area contributed by atoms with Crippen LogP contribution in [0.2, 0.25) is 5.02 Å². The van der Waals surface area contributed by atoms with Crippen molar-refractivity contribution in [3.63, 3.8) is 0 Å². The van der Waals surface area contributed by atoms with Crippen molar-refractivity contribution < 1.29 is 4.74 Å². The predicted molar refractivity (Wildman–Crippen MR) is 58.4 cm³/mol. The molecule has 0 aliphatic heterocycles. The molecule has 0 aromatic heterocycles. The Morgan fingerprint density at radius 1 is 1.57 bits per heavy atom. The van der Waals surface area contributed by atoms with Crippen LogP contribution in [0, 0.1) is 0 Å². The first kappa shape index (κ1) is 11.3. The van der Waals surface area contributed by atoms with Gasteiger partial charge in [-0.25, -0.2) is 0 Å². The molecule has 14 heavy (non-hydrogen) atoms. The normalized spacial score (nSPS) is 12.6. The summed E-state index contributed by atoms with van der Waals surface area (Å²) in [6, 6.07) is 5.59. The zero-order valence-electron chi connectivity index (χ0n) is 8.38. The molecule has 78 valence electrons. The number of nitrogens with two attached hydrogens (primary N) is 1. The number of benzene rings is 1. The number of hydrogen-bond donors (Lipinski definition) is 2. The summed E-state index contributed by atoms with van der Waals surface area (Å²) in [4.78, 5) is 0. The second-order valence-corrected chi connectivity index (χ2v) is 3.45. The SMILES string of the molecule is CCC(NN)c1cc(Cl)ccc1OC. The van der Waals surface area contributed by atoms with Crippen LogP contribution in [0.25, 0.3) is 0 Å². The zero-order valence-corrected chi connectivity index (χ0v) is 9.14. The van der Waals surface area contributed by atoms with Crippen LogP contribution in [-0.2, 0) is 0 Å². The Bertz CT molecular complexity index is 300. The molecule has 1 aromatic rings. The van der Waals surface area contributed by atoms with Gasteiger partial charge in [0.25, 0.3) is 0 Å². The lowest BCUT2D eigenvalue weighted by Crippen LogP contribution is -2.27. The van der Waals surface area contributed by atoms with Crippen molar-refractivity contribution in [2.45, 2.75) is 19.4 Å². The van der Waals surface area contributed by atoms with E-state index in [1.807, 2.05) is 19.1 Å². The maximum absolute atomic E-state index is 5.91. The minimum absolute atomic E-state index is 0.0728. The largest absolute Gasteiger partial charge is 0.496 e. The fraction of sp³-hybridized carbons (Fsp3) is 0.400. The van der Waals surface area contributed by atoms with E-state index in [2.05, 4.69) is 5.43 Å². The average Bonchev–Trinajstić information content (AvgIpc) is 2.20. The van der Waals surface area contributed by atoms with E-state index >= 15 is 0 Å². The summed E-state index contributed by atoms with van der Waals surface area (Å²) in [5.74, 6) is 6.25. The van der Waals surface area contributed by atoms with Gasteiger partial charge in [-0.3, -0.25) is 11.3 Å². The van der Waals surface area contributed by atoms with Crippen molar-refractivity contribution in [2.24, 2.45) is 5.84 Å². The number of rotatable bonds is 4. The lowest BCUT2D eigenvalue weighted by molar-refractivity contribution is 0.398. The first-order chi connectivity index (χ1) is 6.72. The molecule has 3 N–H and O–H groups in total. The molecule has 0 aliphatic carbocycles. The molecule has 0 amide bonds. The molecule has 3 nitrogen and oxygen atoms in total. The van der Waals surface area contributed by atoms with Gasteiger partial charge in [0.05, 0.1) is 7.11 Å². The van der Waals surface area contributed by atoms with Crippen LogP contribution < -0.4 is 16.0 Å². The lowest BCUT2D eigenvalue weighted by Gasteiger charge is -2.17. The third kappa shape index (κ3) is 2.38. The number of nitrogens with one attached hydrogen (secondary N) is 1. The van der Waals surface area contributed by atoms with Crippen molar-refractivity contribution in [1.82, 2.24) is 5.43 Å². The van der Waals surface area contributed by atoms with Crippen LogP contribution in [-0.4, -0.2) is 7.11 Å². The molecular weight excluding hydrogens is 200 g/mol. The van der Waals surface area contributed by atoms with E-state index < -0.39 is 0 Å². The van der Waals surface area contributed by atoms with Crippen LogP contribution >= 0.6 is 11.6 Å². The fourth-order valence-electron chi connectivity index (χ4n) is 1.41. The van der Waals surface area contributed by atoms with Gasteiger partial charge in [0, 0.05) is 16.6 Å². The van der Waals surface area contributed by atoms with E-state index in [1.165, 1.54) is 0 Å². The number of hydrazine groups is 1. The average molecular weight is 215 g/mol. The van der Waals surface area contributed by atoms with Crippen molar-refractivity contribution in [3.8, 4) is 5.75 Å². The van der Waals surface area contributed by atoms with Gasteiger partial charge >= 0.3 is 0 Å². The van der Waals surface area contributed by atoms with Crippen LogP contribution in [0.1, 0.15) is 24.9 Å². The summed E-state index contributed by atoms with van der Waals surface area (Å²) < 4.78 is 5.23. The van der Waals surface area contributed by atoms with Crippen LogP contribution in [0.5, 0.6) is 5.75 Å². The van der Waals surface area contributed by atoms with Crippen molar-refractivity contribution >= 4 is 11.6 Å². The molecular formula is C10H15ClN2O. The number of methoxy groups -OCH3 is 1. The van der Waals surface area contributed by atoms with E-state index in [4.69, 9.17) is 22.2 Å². The third-order valence-corrected chi connectivity index (χ3v) is 2.41. The standard InChI is InChI=1S/C10H15ClN2O/c1-3-9(13-12)8-6-7(11)4-5-10(8)14-2/h4-6,9,13H,3,12H2,1-2H3. The Morgan fingerprint density at radius 2 is 2.29 bits per heavy atom. The monoisotopic (exact) mass is 214 g/mol. The Hall–Kier alpha value is -0.770. The lowest BCUT2D eigenvalue weighted by atomic mass is 10.0. The number of ether oxygens (including phenoxy) is 1. The summed E-state index contributed by atoms with van der Waals surface area (Å²) >= 11 is 5.91. The van der Waals surface area contributed by atoms with Gasteiger partial charge in [-0.05, 0) is 24.6 Å². The maximum atomic E-state index is 5.91. The highest BCUT2D eigenvalue weighted by molar-refractivity contribution is 6.30. The van der Waals surface area contributed by atoms with Crippen molar-refractivity contribution in [1.29, 1.82) is 0 Å². The molecule has 0 saturated heterocycles. The Balaban J connectivity index is 3.08. The molecule has 1 aromatic carbocycles. The highest BCUT2D eigenvalue weighted by Crippen LogP contribution is 2.29. The van der Waals surface area contributed by atoms with Crippen molar-refractivity contribution in [3.05, 3.63) is 28.8 Å². The Kier molecular flexibility index (Phi) is 4.20. The second-order valence-electron chi connectivity index (χ2n) is 3.01. The highest BCUT2D eigenvalue weighted by Gasteiger charge is 2.12. The van der Waals surface area contributed by atoms with Gasteiger partial charge in [0.1, 0.15) is 5.75 Å². The number of hydrogen-bond acceptors (Lipinski definition) is 3. The van der Waals surface area contributed by atoms with E-state index in [1.54, 1.807) is 13.2 Å². The van der Waals surface area contributed by atoms with E-state index in [9.17, 15) is 0 Å². The first-order valence-electron chi connectivity index (χ1n) is 4.52. The smallest absolute Gasteiger partial charge is 0.123 e. The molecule has 0 bridgehead atoms. The molecule has 0 heterocycles. The number of halogens is 1. The van der Waals surface area contributed by atoms with Gasteiger partial charge < -0.3 is 4.74 Å². The second kappa shape index (κ2) is 5.20. The fourth-order valence-corrected chi connectivity index (χ4v) is 1.59. The van der Waals surface area contributed by atoms with Crippen LogP contribution in [0.3, 0.4) is 0 Å².